The van der Waals surface area contributed by atoms with Crippen molar-refractivity contribution >= 4 is 15.7 Å². The van der Waals surface area contributed by atoms with Gasteiger partial charge in [-0.05, 0) is 6.42 Å². The van der Waals surface area contributed by atoms with Gasteiger partial charge < -0.3 is 5.32 Å². The van der Waals surface area contributed by atoms with E-state index in [1.165, 1.54) is 0 Å². The predicted octanol–water partition coefficient (Wildman–Crippen LogP) is 1.35. The van der Waals surface area contributed by atoms with Crippen LogP contribution >= 0.6 is 0 Å². The average molecular weight is 268 g/mol. The summed E-state index contributed by atoms with van der Waals surface area (Å²) in [4.78, 5) is 3.03. The number of nitrogens with zero attached hydrogens (tertiary/aromatic N) is 1. The zero-order chi connectivity index (χ0) is 13.1. The van der Waals surface area contributed by atoms with Gasteiger partial charge in [-0.2, -0.15) is 9.37 Å². The lowest BCUT2D eigenvalue weighted by Crippen LogP contribution is -2.12. The molecule has 17 heavy (non-hydrogen) atoms. The summed E-state index contributed by atoms with van der Waals surface area (Å²) in [6.07, 6.45) is 1.29. The Balaban J connectivity index is 2.55. The molecular formula is C9H11F3N2O2S. The Morgan fingerprint density at radius 2 is 1.94 bits per heavy atom. The molecule has 0 fully saturated rings. The smallest absolute Gasteiger partial charge is 0.251 e. The lowest BCUT2D eigenvalue weighted by atomic mass is 10.4. The molecule has 8 heteroatoms. The minimum absolute atomic E-state index is 0.0781. The van der Waals surface area contributed by atoms with Crippen LogP contribution in [0.1, 0.15) is 6.42 Å². The molecule has 1 rings (SSSR count). The first-order valence-corrected chi connectivity index (χ1v) is 6.79. The number of sulfone groups is 1. The van der Waals surface area contributed by atoms with Crippen molar-refractivity contribution in [1.29, 1.82) is 0 Å². The first kappa shape index (κ1) is 13.8. The summed E-state index contributed by atoms with van der Waals surface area (Å²) in [7, 11) is -3.09. The van der Waals surface area contributed by atoms with Crippen LogP contribution in [0.25, 0.3) is 0 Å². The number of anilines is 1. The van der Waals surface area contributed by atoms with Crippen LogP contribution in [0.3, 0.4) is 0 Å². The highest BCUT2D eigenvalue weighted by Gasteiger charge is 2.11. The SMILES string of the molecule is CS(=O)(=O)CCCNc1nc(F)c(F)cc1F. The van der Waals surface area contributed by atoms with Gasteiger partial charge in [0.1, 0.15) is 9.84 Å². The van der Waals surface area contributed by atoms with Crippen LogP contribution in [0, 0.1) is 17.6 Å². The largest absolute Gasteiger partial charge is 0.368 e. The van der Waals surface area contributed by atoms with Crippen molar-refractivity contribution in [3.05, 3.63) is 23.6 Å². The Bertz CT molecular complexity index is 505. The molecular weight excluding hydrogens is 257 g/mol. The minimum Gasteiger partial charge on any atom is -0.368 e. The maximum absolute atomic E-state index is 13.0. The molecule has 0 radical (unpaired) electrons. The third kappa shape index (κ3) is 4.59. The van der Waals surface area contributed by atoms with E-state index in [-0.39, 0.29) is 18.7 Å². The summed E-state index contributed by atoms with van der Waals surface area (Å²) in [6.45, 7) is 0.0993. The fraction of sp³-hybridized carbons (Fsp3) is 0.444. The Labute approximate surface area is 96.8 Å². The van der Waals surface area contributed by atoms with E-state index in [2.05, 4.69) is 10.3 Å². The second kappa shape index (κ2) is 5.35. The molecule has 1 heterocycles. The van der Waals surface area contributed by atoms with Crippen LogP contribution in [0.2, 0.25) is 0 Å². The maximum Gasteiger partial charge on any atom is 0.251 e. The molecule has 0 amide bonds. The number of nitrogens with one attached hydrogen (secondary N) is 1. The van der Waals surface area contributed by atoms with Gasteiger partial charge in [0.25, 0.3) is 5.95 Å². The number of rotatable bonds is 5. The van der Waals surface area contributed by atoms with Gasteiger partial charge >= 0.3 is 0 Å². The van der Waals surface area contributed by atoms with E-state index in [0.717, 1.165) is 6.26 Å². The fourth-order valence-corrected chi connectivity index (χ4v) is 1.78. The minimum atomic E-state index is -3.09. The van der Waals surface area contributed by atoms with E-state index in [1.807, 2.05) is 0 Å². The van der Waals surface area contributed by atoms with E-state index < -0.39 is 33.2 Å². The first-order valence-electron chi connectivity index (χ1n) is 4.73. The quantitative estimate of drug-likeness (QED) is 0.647. The molecule has 1 aromatic rings. The van der Waals surface area contributed by atoms with Crippen LogP contribution in [0.15, 0.2) is 6.07 Å². The molecule has 0 saturated carbocycles. The third-order valence-electron chi connectivity index (χ3n) is 1.87. The van der Waals surface area contributed by atoms with Crippen LogP contribution < -0.4 is 5.32 Å². The summed E-state index contributed by atoms with van der Waals surface area (Å²) in [5, 5.41) is 2.40. The van der Waals surface area contributed by atoms with Crippen LogP contribution in [-0.4, -0.2) is 32.0 Å². The number of halogens is 3. The molecule has 0 aliphatic rings. The highest BCUT2D eigenvalue weighted by atomic mass is 32.2. The van der Waals surface area contributed by atoms with Gasteiger partial charge in [-0.25, -0.2) is 17.2 Å². The molecule has 0 unspecified atom stereocenters. The Kier molecular flexibility index (Phi) is 4.33. The molecule has 0 saturated heterocycles. The average Bonchev–Trinajstić information content (AvgIpc) is 2.18. The molecule has 0 atom stereocenters. The van der Waals surface area contributed by atoms with E-state index in [0.29, 0.717) is 6.07 Å². The van der Waals surface area contributed by atoms with Crippen molar-refractivity contribution < 1.29 is 21.6 Å². The lowest BCUT2D eigenvalue weighted by molar-refractivity contribution is 0.466. The number of hydrogen-bond acceptors (Lipinski definition) is 4. The molecule has 0 spiro atoms. The zero-order valence-electron chi connectivity index (χ0n) is 9.00. The predicted molar refractivity (Wildman–Crippen MR) is 56.9 cm³/mol. The maximum atomic E-state index is 13.0. The summed E-state index contributed by atoms with van der Waals surface area (Å²) in [6, 6.07) is 0.376. The number of hydrogen-bond donors (Lipinski definition) is 1. The number of aromatic nitrogens is 1. The van der Waals surface area contributed by atoms with Crippen molar-refractivity contribution in [2.24, 2.45) is 0 Å². The van der Waals surface area contributed by atoms with Crippen LogP contribution in [0.5, 0.6) is 0 Å². The van der Waals surface area contributed by atoms with Crippen molar-refractivity contribution in [3.63, 3.8) is 0 Å². The van der Waals surface area contributed by atoms with Crippen LogP contribution in [0.4, 0.5) is 19.0 Å². The van der Waals surface area contributed by atoms with Gasteiger partial charge in [0.2, 0.25) is 0 Å². The Morgan fingerprint density at radius 3 is 2.53 bits per heavy atom. The second-order valence-electron chi connectivity index (χ2n) is 3.50. The van der Waals surface area contributed by atoms with Gasteiger partial charge in [-0.1, -0.05) is 0 Å². The molecule has 0 aliphatic carbocycles. The van der Waals surface area contributed by atoms with Gasteiger partial charge in [0.15, 0.2) is 17.5 Å². The molecule has 96 valence electrons. The zero-order valence-corrected chi connectivity index (χ0v) is 9.82. The summed E-state index contributed by atoms with van der Waals surface area (Å²) < 4.78 is 59.8. The Hall–Kier alpha value is -1.31. The highest BCUT2D eigenvalue weighted by Crippen LogP contribution is 2.13. The van der Waals surface area contributed by atoms with Gasteiger partial charge in [0.05, 0.1) is 5.75 Å². The van der Waals surface area contributed by atoms with E-state index in [4.69, 9.17) is 0 Å². The summed E-state index contributed by atoms with van der Waals surface area (Å²) in [5.41, 5.74) is 0. The number of pyridine rings is 1. The summed E-state index contributed by atoms with van der Waals surface area (Å²) in [5.74, 6) is -4.31. The third-order valence-corrected chi connectivity index (χ3v) is 2.90. The molecule has 0 aliphatic heterocycles. The first-order chi connectivity index (χ1) is 7.79. The van der Waals surface area contributed by atoms with Crippen molar-refractivity contribution in [3.8, 4) is 0 Å². The van der Waals surface area contributed by atoms with Crippen molar-refractivity contribution in [1.82, 2.24) is 4.98 Å². The monoisotopic (exact) mass is 268 g/mol. The van der Waals surface area contributed by atoms with Crippen LogP contribution in [-0.2, 0) is 9.84 Å². The van der Waals surface area contributed by atoms with Gasteiger partial charge in [0, 0.05) is 18.9 Å². The molecule has 0 aromatic carbocycles. The summed E-state index contributed by atoms with van der Waals surface area (Å²) >= 11 is 0. The molecule has 1 aromatic heterocycles. The normalized spacial score (nSPS) is 11.5. The molecule has 4 nitrogen and oxygen atoms in total. The standard InChI is InChI=1S/C9H11F3N2O2S/c1-17(15,16)4-2-3-13-9-7(11)5-6(10)8(12)14-9/h5H,2-4H2,1H3,(H,13,14). The Morgan fingerprint density at radius 1 is 1.29 bits per heavy atom. The van der Waals surface area contributed by atoms with Gasteiger partial charge in [-0.15, -0.1) is 0 Å². The fourth-order valence-electron chi connectivity index (χ4n) is 1.11. The van der Waals surface area contributed by atoms with E-state index in [9.17, 15) is 21.6 Å². The highest BCUT2D eigenvalue weighted by molar-refractivity contribution is 7.90. The van der Waals surface area contributed by atoms with Crippen molar-refractivity contribution in [2.75, 3.05) is 23.9 Å². The lowest BCUT2D eigenvalue weighted by Gasteiger charge is -2.06. The molecule has 1 N–H and O–H groups in total. The topological polar surface area (TPSA) is 59.1 Å². The van der Waals surface area contributed by atoms with Crippen molar-refractivity contribution in [2.45, 2.75) is 6.42 Å². The van der Waals surface area contributed by atoms with E-state index >= 15 is 0 Å². The van der Waals surface area contributed by atoms with E-state index in [1.54, 1.807) is 0 Å². The van der Waals surface area contributed by atoms with Gasteiger partial charge in [-0.3, -0.25) is 0 Å². The second-order valence-corrected chi connectivity index (χ2v) is 5.76. The molecule has 0 bridgehead atoms.